The Morgan fingerprint density at radius 2 is 2.22 bits per heavy atom. The predicted molar refractivity (Wildman–Crippen MR) is 77.4 cm³/mol. The molecule has 18 heavy (non-hydrogen) atoms. The van der Waals surface area contributed by atoms with E-state index < -0.39 is 10.0 Å². The molecular formula is C11H16N2O2S3. The molecular weight excluding hydrogens is 288 g/mol. The number of nitrogens with two attached hydrogens (primary N) is 1. The summed E-state index contributed by atoms with van der Waals surface area (Å²) in [4.78, 5) is 0.857. The number of thiocarbonyl (C=S) groups is 1. The van der Waals surface area contributed by atoms with Gasteiger partial charge in [-0.3, -0.25) is 0 Å². The van der Waals surface area contributed by atoms with Gasteiger partial charge in [-0.1, -0.05) is 19.1 Å². The minimum Gasteiger partial charge on any atom is -0.389 e. The largest absolute Gasteiger partial charge is 0.389 e. The summed E-state index contributed by atoms with van der Waals surface area (Å²) in [5.41, 5.74) is 5.66. The summed E-state index contributed by atoms with van der Waals surface area (Å²) in [6.07, 6.45) is 3.22. The number of thiophene rings is 1. The van der Waals surface area contributed by atoms with Crippen molar-refractivity contribution in [1.29, 1.82) is 0 Å². The van der Waals surface area contributed by atoms with Gasteiger partial charge in [0.1, 0.15) is 9.20 Å². The molecule has 1 aliphatic carbocycles. The summed E-state index contributed by atoms with van der Waals surface area (Å²) in [6, 6.07) is 3.20. The third-order valence-electron chi connectivity index (χ3n) is 3.43. The minimum absolute atomic E-state index is 0.191. The molecule has 0 bridgehead atoms. The molecule has 2 rings (SSSR count). The molecule has 1 fully saturated rings. The van der Waals surface area contributed by atoms with Crippen molar-refractivity contribution in [1.82, 2.24) is 4.72 Å². The summed E-state index contributed by atoms with van der Waals surface area (Å²) in [5, 5.41) is 0. The minimum atomic E-state index is -3.42. The third kappa shape index (κ3) is 2.90. The van der Waals surface area contributed by atoms with Crippen LogP contribution in [0.5, 0.6) is 0 Å². The summed E-state index contributed by atoms with van der Waals surface area (Å²) in [5.74, 6) is 0. The molecule has 7 heteroatoms. The Kier molecular flexibility index (Phi) is 3.77. The van der Waals surface area contributed by atoms with Crippen LogP contribution in [-0.2, 0) is 10.0 Å². The van der Waals surface area contributed by atoms with Crippen molar-refractivity contribution >= 4 is 38.6 Å². The highest BCUT2D eigenvalue weighted by molar-refractivity contribution is 7.91. The van der Waals surface area contributed by atoms with Gasteiger partial charge in [0.15, 0.2) is 0 Å². The average molecular weight is 304 g/mol. The van der Waals surface area contributed by atoms with Crippen LogP contribution in [0.1, 0.15) is 31.1 Å². The van der Waals surface area contributed by atoms with Crippen LogP contribution in [0.25, 0.3) is 0 Å². The molecule has 0 saturated heterocycles. The molecule has 1 heterocycles. The van der Waals surface area contributed by atoms with Crippen molar-refractivity contribution in [2.45, 2.75) is 30.4 Å². The smallest absolute Gasteiger partial charge is 0.250 e. The average Bonchev–Trinajstić information content (AvgIpc) is 2.91. The van der Waals surface area contributed by atoms with E-state index in [4.69, 9.17) is 18.0 Å². The maximum absolute atomic E-state index is 12.1. The highest BCUT2D eigenvalue weighted by atomic mass is 32.2. The molecule has 1 aliphatic rings. The van der Waals surface area contributed by atoms with Crippen molar-refractivity contribution in [3.8, 4) is 0 Å². The normalized spacial score (nSPS) is 17.6. The first-order valence-electron chi connectivity index (χ1n) is 5.78. The van der Waals surface area contributed by atoms with Crippen LogP contribution in [0.4, 0.5) is 0 Å². The van der Waals surface area contributed by atoms with E-state index in [1.807, 2.05) is 0 Å². The summed E-state index contributed by atoms with van der Waals surface area (Å²) < 4.78 is 27.1. The summed E-state index contributed by atoms with van der Waals surface area (Å²) in [7, 11) is -3.42. The van der Waals surface area contributed by atoms with Gasteiger partial charge in [-0.05, 0) is 36.8 Å². The highest BCUT2D eigenvalue weighted by Crippen LogP contribution is 2.48. The fourth-order valence-electron chi connectivity index (χ4n) is 1.75. The Hall–Kier alpha value is -0.500. The zero-order valence-electron chi connectivity index (χ0n) is 10.1. The Morgan fingerprint density at radius 1 is 1.56 bits per heavy atom. The van der Waals surface area contributed by atoms with E-state index in [0.29, 0.717) is 11.4 Å². The first-order valence-corrected chi connectivity index (χ1v) is 8.49. The zero-order chi connectivity index (χ0) is 13.4. The molecule has 0 spiro atoms. The molecule has 1 saturated carbocycles. The zero-order valence-corrected chi connectivity index (χ0v) is 12.6. The van der Waals surface area contributed by atoms with Gasteiger partial charge in [-0.2, -0.15) is 0 Å². The third-order valence-corrected chi connectivity index (χ3v) is 6.79. The number of rotatable bonds is 6. The number of hydrogen-bond acceptors (Lipinski definition) is 4. The Bertz CT molecular complexity index is 559. The van der Waals surface area contributed by atoms with Gasteiger partial charge < -0.3 is 5.73 Å². The van der Waals surface area contributed by atoms with E-state index in [-0.39, 0.29) is 14.6 Å². The van der Waals surface area contributed by atoms with E-state index in [9.17, 15) is 8.42 Å². The summed E-state index contributed by atoms with van der Waals surface area (Å²) >= 11 is 5.93. The lowest BCUT2D eigenvalue weighted by Crippen LogP contribution is -2.29. The Balaban J connectivity index is 2.08. The van der Waals surface area contributed by atoms with E-state index in [1.54, 1.807) is 12.1 Å². The lowest BCUT2D eigenvalue weighted by molar-refractivity contribution is 0.476. The Labute approximate surface area is 117 Å². The second-order valence-corrected chi connectivity index (χ2v) is 8.18. The van der Waals surface area contributed by atoms with E-state index in [0.717, 1.165) is 30.6 Å². The van der Waals surface area contributed by atoms with Crippen LogP contribution in [0, 0.1) is 5.41 Å². The van der Waals surface area contributed by atoms with Gasteiger partial charge in [0.05, 0.1) is 4.88 Å². The first kappa shape index (κ1) is 13.9. The monoisotopic (exact) mass is 304 g/mol. The fraction of sp³-hybridized carbons (Fsp3) is 0.545. The molecule has 0 aromatic carbocycles. The molecule has 3 N–H and O–H groups in total. The number of hydrogen-bond donors (Lipinski definition) is 2. The van der Waals surface area contributed by atoms with Crippen LogP contribution in [0.15, 0.2) is 16.3 Å². The highest BCUT2D eigenvalue weighted by Gasteiger charge is 2.41. The summed E-state index contributed by atoms with van der Waals surface area (Å²) in [6.45, 7) is 2.61. The Morgan fingerprint density at radius 3 is 2.67 bits per heavy atom. The van der Waals surface area contributed by atoms with Crippen molar-refractivity contribution in [3.05, 3.63) is 17.0 Å². The van der Waals surface area contributed by atoms with Crippen LogP contribution < -0.4 is 10.5 Å². The quantitative estimate of drug-likeness (QED) is 0.787. The van der Waals surface area contributed by atoms with Crippen molar-refractivity contribution in [3.63, 3.8) is 0 Å². The van der Waals surface area contributed by atoms with Crippen LogP contribution in [0.2, 0.25) is 0 Å². The number of sulfonamides is 1. The molecule has 100 valence electrons. The molecule has 0 atom stereocenters. The van der Waals surface area contributed by atoms with Gasteiger partial charge in [0.25, 0.3) is 0 Å². The molecule has 1 aromatic heterocycles. The van der Waals surface area contributed by atoms with Crippen molar-refractivity contribution in [2.24, 2.45) is 11.1 Å². The van der Waals surface area contributed by atoms with Crippen molar-refractivity contribution < 1.29 is 8.42 Å². The van der Waals surface area contributed by atoms with Crippen LogP contribution in [0.3, 0.4) is 0 Å². The maximum Gasteiger partial charge on any atom is 0.250 e. The lowest BCUT2D eigenvalue weighted by atomic mass is 10.1. The van der Waals surface area contributed by atoms with Gasteiger partial charge in [0, 0.05) is 6.54 Å². The molecule has 0 amide bonds. The van der Waals surface area contributed by atoms with Gasteiger partial charge >= 0.3 is 0 Å². The molecule has 0 aliphatic heterocycles. The van der Waals surface area contributed by atoms with E-state index in [1.165, 1.54) is 0 Å². The maximum atomic E-state index is 12.1. The molecule has 0 unspecified atom stereocenters. The second-order valence-electron chi connectivity index (χ2n) is 4.66. The first-order chi connectivity index (χ1) is 8.38. The second kappa shape index (κ2) is 4.88. The van der Waals surface area contributed by atoms with E-state index >= 15 is 0 Å². The fourth-order valence-corrected chi connectivity index (χ4v) is 4.30. The predicted octanol–water partition coefficient (Wildman–Crippen LogP) is 1.85. The topological polar surface area (TPSA) is 72.2 Å². The van der Waals surface area contributed by atoms with E-state index in [2.05, 4.69) is 11.6 Å². The van der Waals surface area contributed by atoms with Gasteiger partial charge in [-0.15, -0.1) is 11.3 Å². The standard InChI is InChI=1S/C11H16N2O2S3/c1-2-11(5-6-11)7-13-18(14,15)9-4-3-8(17-9)10(12)16/h3-4,13H,2,5-7H2,1H3,(H2,12,16). The lowest BCUT2D eigenvalue weighted by Gasteiger charge is -2.12. The van der Waals surface area contributed by atoms with Crippen molar-refractivity contribution in [2.75, 3.05) is 6.54 Å². The molecule has 1 aromatic rings. The number of nitrogens with one attached hydrogen (secondary N) is 1. The molecule has 0 radical (unpaired) electrons. The van der Waals surface area contributed by atoms with Gasteiger partial charge in [-0.25, -0.2) is 13.1 Å². The van der Waals surface area contributed by atoms with Gasteiger partial charge in [0.2, 0.25) is 10.0 Å². The van der Waals surface area contributed by atoms with Crippen LogP contribution >= 0.6 is 23.6 Å². The SMILES string of the molecule is CCC1(CNS(=O)(=O)c2ccc(C(N)=S)s2)CC1. The molecule has 4 nitrogen and oxygen atoms in total. The van der Waals surface area contributed by atoms with Crippen LogP contribution in [-0.4, -0.2) is 20.0 Å².